The second kappa shape index (κ2) is 9.56. The van der Waals surface area contributed by atoms with Gasteiger partial charge in [0.15, 0.2) is 5.82 Å². The molecule has 0 aliphatic carbocycles. The van der Waals surface area contributed by atoms with Crippen molar-refractivity contribution in [2.24, 2.45) is 0 Å². The molecule has 1 saturated heterocycles. The molecule has 0 bridgehead atoms. The van der Waals surface area contributed by atoms with Crippen molar-refractivity contribution in [2.45, 2.75) is 64.6 Å². The Balaban J connectivity index is 1.72. The molecule has 9 nitrogen and oxygen atoms in total. The normalized spacial score (nSPS) is 22.1. The lowest BCUT2D eigenvalue weighted by atomic mass is 9.90. The Bertz CT molecular complexity index is 845. The monoisotopic (exact) mass is 398 g/mol. The number of nitrogens with zero attached hydrogens (tertiary/aromatic N) is 5. The Hall–Kier alpha value is -2.86. The van der Waals surface area contributed by atoms with Crippen LogP contribution in [-0.4, -0.2) is 56.8 Å². The fourth-order valence-electron chi connectivity index (χ4n) is 4.02. The molecule has 1 aliphatic rings. The van der Waals surface area contributed by atoms with E-state index in [2.05, 4.69) is 55.6 Å². The maximum absolute atomic E-state index is 8.94. The quantitative estimate of drug-likeness (QED) is 0.621. The number of aromatic nitrogens is 4. The van der Waals surface area contributed by atoms with Gasteiger partial charge < -0.3 is 15.4 Å². The van der Waals surface area contributed by atoms with E-state index in [1.165, 1.54) is 0 Å². The number of nitriles is 1. The summed E-state index contributed by atoms with van der Waals surface area (Å²) in [4.78, 5) is 11.5. The first-order valence-electron chi connectivity index (χ1n) is 10.1. The van der Waals surface area contributed by atoms with Gasteiger partial charge in [-0.2, -0.15) is 20.3 Å². The summed E-state index contributed by atoms with van der Waals surface area (Å²) in [5.41, 5.74) is 0.967. The summed E-state index contributed by atoms with van der Waals surface area (Å²) < 4.78 is 5.35. The molecule has 9 heteroatoms. The van der Waals surface area contributed by atoms with Crippen molar-refractivity contribution in [3.63, 3.8) is 0 Å². The zero-order valence-corrected chi connectivity index (χ0v) is 17.6. The Morgan fingerprint density at radius 1 is 1.31 bits per heavy atom. The molecule has 3 rings (SSSR count). The van der Waals surface area contributed by atoms with Crippen LogP contribution in [0, 0.1) is 18.3 Å². The van der Waals surface area contributed by atoms with Crippen LogP contribution in [0.25, 0.3) is 0 Å². The Labute approximate surface area is 171 Å². The smallest absolute Gasteiger partial charge is 0.228 e. The fraction of sp³-hybridized carbons (Fsp3) is 0.600. The number of nitrogens with one attached hydrogen (secondary N) is 3. The Kier molecular flexibility index (Phi) is 6.88. The SMILES string of the molecule is CCC1CC(Nc2nc(Nc3cc(C)[nH]n3)cc(OC)n2)CC(C)N1CCC#N. The molecule has 0 radical (unpaired) electrons. The number of H-pyrrole nitrogens is 1. The molecule has 2 aromatic heterocycles. The van der Waals surface area contributed by atoms with Gasteiger partial charge in [-0.1, -0.05) is 6.92 Å². The van der Waals surface area contributed by atoms with Crippen molar-refractivity contribution in [1.29, 1.82) is 5.26 Å². The largest absolute Gasteiger partial charge is 0.481 e. The van der Waals surface area contributed by atoms with E-state index >= 15 is 0 Å². The van der Waals surface area contributed by atoms with E-state index in [-0.39, 0.29) is 6.04 Å². The molecule has 0 amide bonds. The number of piperidine rings is 1. The summed E-state index contributed by atoms with van der Waals surface area (Å²) in [5.74, 6) is 2.34. The van der Waals surface area contributed by atoms with Crippen LogP contribution >= 0.6 is 0 Å². The molecule has 2 aromatic rings. The average Bonchev–Trinajstić information content (AvgIpc) is 3.11. The van der Waals surface area contributed by atoms with Gasteiger partial charge in [0, 0.05) is 48.9 Å². The first-order chi connectivity index (χ1) is 14.0. The minimum Gasteiger partial charge on any atom is -0.481 e. The van der Waals surface area contributed by atoms with Crippen molar-refractivity contribution < 1.29 is 4.74 Å². The van der Waals surface area contributed by atoms with Crippen LogP contribution in [0.5, 0.6) is 5.88 Å². The summed E-state index contributed by atoms with van der Waals surface area (Å²) in [6.45, 7) is 7.21. The molecular weight excluding hydrogens is 368 g/mol. The first-order valence-corrected chi connectivity index (χ1v) is 10.1. The lowest BCUT2D eigenvalue weighted by molar-refractivity contribution is 0.0858. The number of aromatic amines is 1. The number of likely N-dealkylation sites (tertiary alicyclic amines) is 1. The van der Waals surface area contributed by atoms with E-state index in [1.54, 1.807) is 13.2 Å². The minimum atomic E-state index is 0.265. The molecule has 3 N–H and O–H groups in total. The highest BCUT2D eigenvalue weighted by molar-refractivity contribution is 5.55. The zero-order valence-electron chi connectivity index (χ0n) is 17.6. The molecule has 0 spiro atoms. The first kappa shape index (κ1) is 20.9. The number of hydrogen-bond acceptors (Lipinski definition) is 8. The summed E-state index contributed by atoms with van der Waals surface area (Å²) in [7, 11) is 1.59. The number of anilines is 3. The van der Waals surface area contributed by atoms with Gasteiger partial charge in [-0.3, -0.25) is 10.00 Å². The van der Waals surface area contributed by atoms with E-state index in [9.17, 15) is 0 Å². The van der Waals surface area contributed by atoms with Crippen molar-refractivity contribution in [3.8, 4) is 11.9 Å². The highest BCUT2D eigenvalue weighted by atomic mass is 16.5. The molecule has 3 unspecified atom stereocenters. The molecule has 0 saturated carbocycles. The zero-order chi connectivity index (χ0) is 20.8. The summed E-state index contributed by atoms with van der Waals surface area (Å²) in [6, 6.07) is 7.03. The van der Waals surface area contributed by atoms with Gasteiger partial charge in [0.1, 0.15) is 5.82 Å². The van der Waals surface area contributed by atoms with Crippen LogP contribution in [0.1, 0.15) is 45.2 Å². The number of rotatable bonds is 8. The minimum absolute atomic E-state index is 0.265. The maximum Gasteiger partial charge on any atom is 0.228 e. The number of ether oxygens (including phenoxy) is 1. The highest BCUT2D eigenvalue weighted by Crippen LogP contribution is 2.28. The molecule has 29 heavy (non-hydrogen) atoms. The van der Waals surface area contributed by atoms with E-state index in [0.717, 1.165) is 31.5 Å². The van der Waals surface area contributed by atoms with E-state index in [1.807, 2.05) is 13.0 Å². The van der Waals surface area contributed by atoms with Crippen molar-refractivity contribution in [1.82, 2.24) is 25.1 Å². The summed E-state index contributed by atoms with van der Waals surface area (Å²) in [6.07, 6.45) is 3.59. The molecule has 3 atom stereocenters. The van der Waals surface area contributed by atoms with Crippen molar-refractivity contribution in [3.05, 3.63) is 17.8 Å². The number of methoxy groups -OCH3 is 1. The second-order valence-electron chi connectivity index (χ2n) is 7.55. The van der Waals surface area contributed by atoms with Gasteiger partial charge in [0.25, 0.3) is 0 Å². The van der Waals surface area contributed by atoms with Gasteiger partial charge in [-0.15, -0.1) is 0 Å². The van der Waals surface area contributed by atoms with E-state index < -0.39 is 0 Å². The lowest BCUT2D eigenvalue weighted by Gasteiger charge is -2.43. The molecular formula is C20H30N8O. The molecule has 1 fully saturated rings. The summed E-state index contributed by atoms with van der Waals surface area (Å²) in [5, 5.41) is 22.7. The van der Waals surface area contributed by atoms with Crippen LogP contribution in [0.3, 0.4) is 0 Å². The topological polar surface area (TPSA) is 115 Å². The summed E-state index contributed by atoms with van der Waals surface area (Å²) >= 11 is 0. The van der Waals surface area contributed by atoms with Crippen LogP contribution < -0.4 is 15.4 Å². The van der Waals surface area contributed by atoms with Gasteiger partial charge in [-0.25, -0.2) is 0 Å². The average molecular weight is 399 g/mol. The van der Waals surface area contributed by atoms with Gasteiger partial charge in [-0.05, 0) is 33.1 Å². The number of hydrogen-bond donors (Lipinski definition) is 3. The van der Waals surface area contributed by atoms with Gasteiger partial charge in [0.2, 0.25) is 11.8 Å². The van der Waals surface area contributed by atoms with Crippen LogP contribution in [0.2, 0.25) is 0 Å². The molecule has 3 heterocycles. The molecule has 156 valence electrons. The Morgan fingerprint density at radius 3 is 2.79 bits per heavy atom. The third-order valence-electron chi connectivity index (χ3n) is 5.38. The van der Waals surface area contributed by atoms with Crippen LogP contribution in [0.4, 0.5) is 17.6 Å². The molecule has 1 aliphatic heterocycles. The molecule has 0 aromatic carbocycles. The predicted octanol–water partition coefficient (Wildman–Crippen LogP) is 3.22. The van der Waals surface area contributed by atoms with Gasteiger partial charge in [0.05, 0.1) is 13.2 Å². The third kappa shape index (κ3) is 5.35. The standard InChI is InChI=1S/C20H30N8O/c1-5-16-11-15(10-14(3)28(16)8-6-7-21)22-20-24-17(12-19(25-20)29-4)23-18-9-13(2)26-27-18/h9,12,14-16H,5-6,8,10-11H2,1-4H3,(H3,22,23,24,25,26,27). The third-order valence-corrected chi connectivity index (χ3v) is 5.38. The number of aryl methyl sites for hydroxylation is 1. The van der Waals surface area contributed by atoms with Crippen molar-refractivity contribution in [2.75, 3.05) is 24.3 Å². The maximum atomic E-state index is 8.94. The highest BCUT2D eigenvalue weighted by Gasteiger charge is 2.32. The lowest BCUT2D eigenvalue weighted by Crippen LogP contribution is -2.51. The van der Waals surface area contributed by atoms with Gasteiger partial charge >= 0.3 is 0 Å². The van der Waals surface area contributed by atoms with Crippen molar-refractivity contribution >= 4 is 17.6 Å². The van der Waals surface area contributed by atoms with E-state index in [0.29, 0.717) is 42.0 Å². The van der Waals surface area contributed by atoms with Crippen LogP contribution in [-0.2, 0) is 0 Å². The van der Waals surface area contributed by atoms with Crippen LogP contribution in [0.15, 0.2) is 12.1 Å². The fourth-order valence-corrected chi connectivity index (χ4v) is 4.02. The predicted molar refractivity (Wildman–Crippen MR) is 112 cm³/mol. The van der Waals surface area contributed by atoms with E-state index in [4.69, 9.17) is 10.00 Å². The second-order valence-corrected chi connectivity index (χ2v) is 7.55. The Morgan fingerprint density at radius 2 is 2.14 bits per heavy atom.